The number of aromatic nitrogens is 2. The van der Waals surface area contributed by atoms with Crippen LogP contribution in [0.3, 0.4) is 0 Å². The lowest BCUT2D eigenvalue weighted by Gasteiger charge is -2.27. The van der Waals surface area contributed by atoms with Crippen molar-refractivity contribution in [1.29, 1.82) is 0 Å². The average molecular weight is 387 g/mol. The monoisotopic (exact) mass is 387 g/mol. The smallest absolute Gasteiger partial charge is 0.351 e. The second kappa shape index (κ2) is 8.24. The zero-order valence-electron chi connectivity index (χ0n) is 14.7. The van der Waals surface area contributed by atoms with Crippen LogP contribution in [0.1, 0.15) is 29.6 Å². The van der Waals surface area contributed by atoms with Gasteiger partial charge in [0.05, 0.1) is 9.85 Å². The van der Waals surface area contributed by atoms with Gasteiger partial charge in [-0.3, -0.25) is 35.9 Å². The fourth-order valence-corrected chi connectivity index (χ4v) is 2.97. The Morgan fingerprint density at radius 2 is 1.75 bits per heavy atom. The lowest BCUT2D eigenvalue weighted by Crippen LogP contribution is -2.33. The summed E-state index contributed by atoms with van der Waals surface area (Å²) in [7, 11) is 0. The molecule has 12 nitrogen and oxygen atoms in total. The Morgan fingerprint density at radius 3 is 2.43 bits per heavy atom. The number of para-hydroxylation sites is 1. The van der Waals surface area contributed by atoms with E-state index >= 15 is 0 Å². The minimum Gasteiger partial charge on any atom is -0.351 e. The number of hydrogen-bond acceptors (Lipinski definition) is 9. The Balaban J connectivity index is 1.84. The summed E-state index contributed by atoms with van der Waals surface area (Å²) in [6.45, 7) is 1.28. The second-order valence-corrected chi connectivity index (χ2v) is 6.05. The number of carbonyl (C=O) groups is 1. The maximum absolute atomic E-state index is 12.3. The molecule has 28 heavy (non-hydrogen) atoms. The third kappa shape index (κ3) is 3.95. The van der Waals surface area contributed by atoms with Gasteiger partial charge in [-0.15, -0.1) is 0 Å². The van der Waals surface area contributed by atoms with Gasteiger partial charge in [0, 0.05) is 19.2 Å². The van der Waals surface area contributed by atoms with Crippen LogP contribution in [0, 0.1) is 20.2 Å². The molecule has 2 N–H and O–H groups in total. The van der Waals surface area contributed by atoms with Crippen molar-refractivity contribution in [2.75, 3.05) is 23.4 Å². The lowest BCUT2D eigenvalue weighted by molar-refractivity contribution is -0.385. The van der Waals surface area contributed by atoms with Gasteiger partial charge in [0.1, 0.15) is 11.9 Å². The van der Waals surface area contributed by atoms with E-state index in [9.17, 15) is 25.0 Å². The topological polar surface area (TPSA) is 156 Å². The third-order valence-electron chi connectivity index (χ3n) is 4.28. The van der Waals surface area contributed by atoms with Crippen LogP contribution < -0.4 is 15.8 Å². The van der Waals surface area contributed by atoms with E-state index in [0.29, 0.717) is 13.1 Å². The molecule has 1 aromatic heterocycles. The number of nitrogens with one attached hydrogen (secondary N) is 2. The Hall–Kier alpha value is -3.83. The van der Waals surface area contributed by atoms with Crippen LogP contribution in [-0.4, -0.2) is 38.8 Å². The predicted octanol–water partition coefficient (Wildman–Crippen LogP) is 2.04. The van der Waals surface area contributed by atoms with Crippen molar-refractivity contribution in [2.24, 2.45) is 0 Å². The SMILES string of the molecule is O=C(NNc1ncnc(N2CCCCC2)c1[N+](=O)[O-])c1ccccc1[N+](=O)[O-]. The number of amides is 1. The highest BCUT2D eigenvalue weighted by Crippen LogP contribution is 2.32. The Morgan fingerprint density at radius 1 is 1.04 bits per heavy atom. The predicted molar refractivity (Wildman–Crippen MR) is 98.9 cm³/mol. The zero-order valence-corrected chi connectivity index (χ0v) is 14.7. The number of nitro benzene ring substituents is 1. The summed E-state index contributed by atoms with van der Waals surface area (Å²) in [4.78, 5) is 43.3. The minimum absolute atomic E-state index is 0.169. The number of piperidine rings is 1. The molecule has 0 bridgehead atoms. The molecule has 2 heterocycles. The maximum atomic E-state index is 12.3. The van der Waals surface area contributed by atoms with E-state index in [2.05, 4.69) is 20.8 Å². The van der Waals surface area contributed by atoms with Crippen LogP contribution in [0.2, 0.25) is 0 Å². The van der Waals surface area contributed by atoms with Crippen molar-refractivity contribution in [1.82, 2.24) is 15.4 Å². The fourth-order valence-electron chi connectivity index (χ4n) is 2.97. The molecule has 1 aliphatic heterocycles. The normalized spacial score (nSPS) is 13.6. The summed E-state index contributed by atoms with van der Waals surface area (Å²) >= 11 is 0. The van der Waals surface area contributed by atoms with Crippen molar-refractivity contribution in [3.63, 3.8) is 0 Å². The Bertz CT molecular complexity index is 914. The van der Waals surface area contributed by atoms with Gasteiger partial charge in [-0.1, -0.05) is 12.1 Å². The molecule has 0 radical (unpaired) electrons. The molecule has 1 aromatic carbocycles. The molecule has 3 rings (SSSR count). The summed E-state index contributed by atoms with van der Waals surface area (Å²) in [6.07, 6.45) is 4.01. The highest BCUT2D eigenvalue weighted by molar-refractivity contribution is 5.98. The number of hydrazine groups is 1. The van der Waals surface area contributed by atoms with Crippen LogP contribution in [0.4, 0.5) is 23.0 Å². The molecule has 1 amide bonds. The van der Waals surface area contributed by atoms with Crippen molar-refractivity contribution >= 4 is 28.9 Å². The Kier molecular flexibility index (Phi) is 5.58. The van der Waals surface area contributed by atoms with Gasteiger partial charge in [0.25, 0.3) is 11.6 Å². The first-order valence-corrected chi connectivity index (χ1v) is 8.53. The molecule has 1 saturated heterocycles. The summed E-state index contributed by atoms with van der Waals surface area (Å²) < 4.78 is 0. The first kappa shape index (κ1) is 18.9. The number of nitrogens with zero attached hydrogens (tertiary/aromatic N) is 5. The molecule has 12 heteroatoms. The third-order valence-corrected chi connectivity index (χ3v) is 4.28. The number of carbonyl (C=O) groups excluding carboxylic acids is 1. The van der Waals surface area contributed by atoms with Crippen molar-refractivity contribution in [2.45, 2.75) is 19.3 Å². The van der Waals surface area contributed by atoms with Gasteiger partial charge >= 0.3 is 5.69 Å². The summed E-state index contributed by atoms with van der Waals surface area (Å²) in [6, 6.07) is 5.38. The second-order valence-electron chi connectivity index (χ2n) is 6.05. The van der Waals surface area contributed by atoms with Crippen LogP contribution in [-0.2, 0) is 0 Å². The van der Waals surface area contributed by atoms with E-state index in [-0.39, 0.29) is 28.6 Å². The number of rotatable bonds is 6. The zero-order chi connectivity index (χ0) is 20.1. The number of nitro groups is 2. The molecular formula is C16H17N7O5. The van der Waals surface area contributed by atoms with Crippen molar-refractivity contribution < 1.29 is 14.6 Å². The van der Waals surface area contributed by atoms with E-state index in [1.54, 1.807) is 4.90 Å². The first-order chi connectivity index (χ1) is 13.5. The molecule has 146 valence electrons. The van der Waals surface area contributed by atoms with E-state index in [0.717, 1.165) is 25.6 Å². The lowest BCUT2D eigenvalue weighted by atomic mass is 10.1. The summed E-state index contributed by atoms with van der Waals surface area (Å²) in [5.41, 5.74) is 3.69. The van der Waals surface area contributed by atoms with Crippen molar-refractivity contribution in [3.05, 3.63) is 56.4 Å². The number of benzene rings is 1. The fraction of sp³-hybridized carbons (Fsp3) is 0.312. The van der Waals surface area contributed by atoms with E-state index in [1.807, 2.05) is 0 Å². The standard InChI is InChI=1S/C16H17N7O5/c24-16(11-6-2-3-7-12(11)22(25)26)20-19-14-13(23(27)28)15(18-10-17-14)21-8-4-1-5-9-21/h2-3,6-7,10H,1,4-5,8-9H2,(H,20,24)(H,17,18,19). The number of anilines is 2. The largest absolute Gasteiger partial charge is 0.355 e. The van der Waals surface area contributed by atoms with E-state index in [1.165, 1.54) is 24.3 Å². The molecule has 1 aliphatic rings. The highest BCUT2D eigenvalue weighted by atomic mass is 16.6. The summed E-state index contributed by atoms with van der Waals surface area (Å²) in [5, 5.41) is 22.7. The van der Waals surface area contributed by atoms with E-state index in [4.69, 9.17) is 0 Å². The van der Waals surface area contributed by atoms with Crippen LogP contribution in [0.5, 0.6) is 0 Å². The van der Waals surface area contributed by atoms with Gasteiger partial charge in [-0.25, -0.2) is 9.97 Å². The van der Waals surface area contributed by atoms with Gasteiger partial charge in [-0.05, 0) is 25.3 Å². The molecule has 0 spiro atoms. The van der Waals surface area contributed by atoms with Crippen LogP contribution >= 0.6 is 0 Å². The Labute approximate surface area is 158 Å². The van der Waals surface area contributed by atoms with Crippen LogP contribution in [0.15, 0.2) is 30.6 Å². The molecule has 0 unspecified atom stereocenters. The van der Waals surface area contributed by atoms with Gasteiger partial charge in [-0.2, -0.15) is 0 Å². The molecule has 0 saturated carbocycles. The first-order valence-electron chi connectivity index (χ1n) is 8.53. The summed E-state index contributed by atoms with van der Waals surface area (Å²) in [5.74, 6) is -0.852. The van der Waals surface area contributed by atoms with Crippen LogP contribution in [0.25, 0.3) is 0 Å². The van der Waals surface area contributed by atoms with Crippen molar-refractivity contribution in [3.8, 4) is 0 Å². The maximum Gasteiger partial charge on any atom is 0.355 e. The highest BCUT2D eigenvalue weighted by Gasteiger charge is 2.28. The van der Waals surface area contributed by atoms with Gasteiger partial charge < -0.3 is 4.90 Å². The van der Waals surface area contributed by atoms with Gasteiger partial charge in [0.2, 0.25) is 11.6 Å². The minimum atomic E-state index is -0.820. The quantitative estimate of drug-likeness (QED) is 0.559. The molecule has 2 aromatic rings. The van der Waals surface area contributed by atoms with E-state index < -0.39 is 15.8 Å². The van der Waals surface area contributed by atoms with Gasteiger partial charge in [0.15, 0.2) is 0 Å². The average Bonchev–Trinajstić information content (AvgIpc) is 2.72. The molecule has 0 aliphatic carbocycles. The molecule has 1 fully saturated rings. The number of hydrogen-bond donors (Lipinski definition) is 2. The molecule has 0 atom stereocenters. The molecular weight excluding hydrogens is 370 g/mol.